The van der Waals surface area contributed by atoms with E-state index in [2.05, 4.69) is 0 Å². The third kappa shape index (κ3) is 4.78. The van der Waals surface area contributed by atoms with E-state index in [0.717, 1.165) is 22.3 Å². The van der Waals surface area contributed by atoms with Crippen LogP contribution in [0.3, 0.4) is 0 Å². The molecule has 0 heterocycles. The summed E-state index contributed by atoms with van der Waals surface area (Å²) >= 11 is 0. The van der Waals surface area contributed by atoms with Crippen LogP contribution in [0.4, 0.5) is 0 Å². The molecule has 0 spiro atoms. The Morgan fingerprint density at radius 2 is 1.16 bits per heavy atom. The summed E-state index contributed by atoms with van der Waals surface area (Å²) in [6.07, 6.45) is 1.04. The predicted octanol–water partition coefficient (Wildman–Crippen LogP) is 2.39. The molecule has 3 nitrogen and oxygen atoms in total. The van der Waals surface area contributed by atoms with Crippen LogP contribution in [0.5, 0.6) is 0 Å². The van der Waals surface area contributed by atoms with Gasteiger partial charge in [-0.25, -0.2) is 0 Å². The Labute approximate surface area is 114 Å². The zero-order chi connectivity index (χ0) is 14.6. The van der Waals surface area contributed by atoms with Crippen LogP contribution in [0.25, 0.3) is 0 Å². The Bertz CT molecular complexity index is 490. The van der Waals surface area contributed by atoms with Crippen molar-refractivity contribution in [3.05, 3.63) is 34.4 Å². The van der Waals surface area contributed by atoms with Crippen LogP contribution in [-0.2, 0) is 33.6 Å². The maximum atomic E-state index is 11.3. The minimum atomic E-state index is 0.0754. The van der Waals surface area contributed by atoms with Crippen molar-refractivity contribution in [2.45, 2.75) is 47.0 Å². The number of carbonyl (C=O) groups is 3. The molecule has 102 valence electrons. The summed E-state index contributed by atoms with van der Waals surface area (Å²) in [6, 6.07) is 3.81. The number of benzene rings is 1. The smallest absolute Gasteiger partial charge is 0.134 e. The molecule has 0 fully saturated rings. The van der Waals surface area contributed by atoms with Crippen molar-refractivity contribution in [2.75, 3.05) is 0 Å². The molecule has 0 atom stereocenters. The first-order chi connectivity index (χ1) is 8.79. The van der Waals surface area contributed by atoms with Gasteiger partial charge in [0.15, 0.2) is 0 Å². The zero-order valence-corrected chi connectivity index (χ0v) is 12.0. The number of carbonyl (C=O) groups excluding carboxylic acids is 3. The monoisotopic (exact) mass is 260 g/mol. The second-order valence-corrected chi connectivity index (χ2v) is 5.18. The highest BCUT2D eigenvalue weighted by molar-refractivity contribution is 5.82. The van der Waals surface area contributed by atoms with Gasteiger partial charge in [-0.15, -0.1) is 0 Å². The molecule has 19 heavy (non-hydrogen) atoms. The average molecular weight is 260 g/mol. The molecule has 0 aliphatic carbocycles. The molecule has 0 saturated heterocycles. The summed E-state index contributed by atoms with van der Waals surface area (Å²) in [4.78, 5) is 33.8. The molecule has 1 aromatic rings. The van der Waals surface area contributed by atoms with Crippen LogP contribution in [0, 0.1) is 6.92 Å². The second kappa shape index (κ2) is 6.41. The Hall–Kier alpha value is -1.77. The predicted molar refractivity (Wildman–Crippen MR) is 74.3 cm³/mol. The van der Waals surface area contributed by atoms with Gasteiger partial charge in [-0.3, -0.25) is 14.4 Å². The molecule has 0 aliphatic heterocycles. The van der Waals surface area contributed by atoms with E-state index in [1.165, 1.54) is 6.92 Å². The fourth-order valence-corrected chi connectivity index (χ4v) is 2.21. The first-order valence-corrected chi connectivity index (χ1v) is 6.39. The maximum Gasteiger partial charge on any atom is 0.134 e. The first-order valence-electron chi connectivity index (χ1n) is 6.39. The van der Waals surface area contributed by atoms with Crippen molar-refractivity contribution in [1.29, 1.82) is 0 Å². The van der Waals surface area contributed by atoms with Crippen molar-refractivity contribution in [1.82, 2.24) is 0 Å². The lowest BCUT2D eigenvalue weighted by Gasteiger charge is -2.12. The highest BCUT2D eigenvalue weighted by Crippen LogP contribution is 2.20. The van der Waals surface area contributed by atoms with Crippen LogP contribution in [0.1, 0.15) is 43.0 Å². The third-order valence-electron chi connectivity index (χ3n) is 3.01. The Kier molecular flexibility index (Phi) is 5.16. The van der Waals surface area contributed by atoms with Gasteiger partial charge < -0.3 is 0 Å². The summed E-state index contributed by atoms with van der Waals surface area (Å²) in [6.45, 7) is 6.55. The number of rotatable bonds is 6. The molecule has 1 aromatic carbocycles. The Balaban J connectivity index is 3.24. The molecule has 0 aliphatic rings. The topological polar surface area (TPSA) is 51.2 Å². The molecule has 0 aromatic heterocycles. The third-order valence-corrected chi connectivity index (χ3v) is 3.01. The Morgan fingerprint density at radius 3 is 1.47 bits per heavy atom. The summed E-state index contributed by atoms with van der Waals surface area (Å²) in [5, 5.41) is 0. The van der Waals surface area contributed by atoms with Crippen LogP contribution in [-0.4, -0.2) is 17.3 Å². The fraction of sp³-hybridized carbons (Fsp3) is 0.438. The van der Waals surface area contributed by atoms with Crippen LogP contribution in [0.15, 0.2) is 12.1 Å². The standard InChI is InChI=1S/C16H20O3/c1-10(17)5-14-8-15(6-11(2)18)13(4)16(9-14)7-12(3)19/h8-9H,5-7H2,1-4H3. The van der Waals surface area contributed by atoms with E-state index < -0.39 is 0 Å². The molecule has 0 saturated carbocycles. The molecule has 0 amide bonds. The van der Waals surface area contributed by atoms with Crippen LogP contribution < -0.4 is 0 Å². The van der Waals surface area contributed by atoms with Gasteiger partial charge in [0.05, 0.1) is 0 Å². The molecule has 1 rings (SSSR count). The van der Waals surface area contributed by atoms with E-state index in [1.54, 1.807) is 13.8 Å². The summed E-state index contributed by atoms with van der Waals surface area (Å²) in [5.74, 6) is 0.236. The normalized spacial score (nSPS) is 10.3. The van der Waals surface area contributed by atoms with E-state index >= 15 is 0 Å². The van der Waals surface area contributed by atoms with E-state index in [9.17, 15) is 14.4 Å². The van der Waals surface area contributed by atoms with Crippen molar-refractivity contribution in [3.63, 3.8) is 0 Å². The highest BCUT2D eigenvalue weighted by atomic mass is 16.1. The van der Waals surface area contributed by atoms with Gasteiger partial charge in [0, 0.05) is 19.3 Å². The van der Waals surface area contributed by atoms with Crippen LogP contribution in [0.2, 0.25) is 0 Å². The van der Waals surface area contributed by atoms with Gasteiger partial charge in [-0.1, -0.05) is 12.1 Å². The van der Waals surface area contributed by atoms with Crippen molar-refractivity contribution in [2.24, 2.45) is 0 Å². The quantitative estimate of drug-likeness (QED) is 0.789. The minimum absolute atomic E-state index is 0.0754. The SMILES string of the molecule is CC(=O)Cc1cc(CC(C)=O)c(C)c(CC(C)=O)c1. The minimum Gasteiger partial charge on any atom is -0.300 e. The number of Topliss-reactive ketones (excluding diaryl/α,β-unsaturated/α-hetero) is 3. The Morgan fingerprint density at radius 1 is 0.789 bits per heavy atom. The van der Waals surface area contributed by atoms with Crippen molar-refractivity contribution < 1.29 is 14.4 Å². The second-order valence-electron chi connectivity index (χ2n) is 5.18. The molecule has 0 unspecified atom stereocenters. The van der Waals surface area contributed by atoms with Crippen molar-refractivity contribution >= 4 is 17.3 Å². The number of ketones is 3. The lowest BCUT2D eigenvalue weighted by molar-refractivity contribution is -0.117. The molecule has 0 bridgehead atoms. The summed E-state index contributed by atoms with van der Waals surface area (Å²) < 4.78 is 0. The average Bonchev–Trinajstić information content (AvgIpc) is 2.22. The largest absolute Gasteiger partial charge is 0.300 e. The first kappa shape index (κ1) is 15.3. The van der Waals surface area contributed by atoms with Crippen LogP contribution >= 0.6 is 0 Å². The van der Waals surface area contributed by atoms with E-state index in [1.807, 2.05) is 19.1 Å². The van der Waals surface area contributed by atoms with Gasteiger partial charge in [0.1, 0.15) is 17.3 Å². The number of hydrogen-bond acceptors (Lipinski definition) is 3. The highest BCUT2D eigenvalue weighted by Gasteiger charge is 2.11. The lowest BCUT2D eigenvalue weighted by Crippen LogP contribution is -2.08. The molecule has 0 N–H and O–H groups in total. The molecule has 0 radical (unpaired) electrons. The van der Waals surface area contributed by atoms with E-state index in [0.29, 0.717) is 19.3 Å². The van der Waals surface area contributed by atoms with E-state index in [4.69, 9.17) is 0 Å². The molecular formula is C16H20O3. The van der Waals surface area contributed by atoms with Crippen molar-refractivity contribution in [3.8, 4) is 0 Å². The lowest BCUT2D eigenvalue weighted by atomic mass is 9.92. The van der Waals surface area contributed by atoms with Gasteiger partial charge in [-0.05, 0) is 49.9 Å². The fourth-order valence-electron chi connectivity index (χ4n) is 2.21. The van der Waals surface area contributed by atoms with Gasteiger partial charge in [0.25, 0.3) is 0 Å². The summed E-state index contributed by atoms with van der Waals surface area (Å²) in [7, 11) is 0. The number of hydrogen-bond donors (Lipinski definition) is 0. The van der Waals surface area contributed by atoms with Gasteiger partial charge in [-0.2, -0.15) is 0 Å². The van der Waals surface area contributed by atoms with E-state index in [-0.39, 0.29) is 17.3 Å². The molecule has 3 heteroatoms. The zero-order valence-electron chi connectivity index (χ0n) is 12.0. The maximum absolute atomic E-state index is 11.3. The summed E-state index contributed by atoms with van der Waals surface area (Å²) in [5.41, 5.74) is 3.70. The van der Waals surface area contributed by atoms with Gasteiger partial charge >= 0.3 is 0 Å². The molecular weight excluding hydrogens is 240 g/mol. The van der Waals surface area contributed by atoms with Gasteiger partial charge in [0.2, 0.25) is 0 Å².